The number of carbonyl (C=O) groups excluding carboxylic acids is 2. The number of benzene rings is 1. The molecule has 0 spiro atoms. The number of nitrogens with two attached hydrogens (primary N) is 1. The zero-order valence-electron chi connectivity index (χ0n) is 11.1. The Bertz CT molecular complexity index is 529. The highest BCUT2D eigenvalue weighted by Crippen LogP contribution is 2.07. The molecule has 1 aromatic rings. The smallest absolute Gasteiger partial charge is 0.254 e. The number of hydrogen-bond donors (Lipinski definition) is 2. The Morgan fingerprint density at radius 1 is 1.42 bits per heavy atom. The summed E-state index contributed by atoms with van der Waals surface area (Å²) in [5.41, 5.74) is 6.52. The molecule has 0 saturated carbocycles. The number of rotatable bonds is 3. The lowest BCUT2D eigenvalue weighted by molar-refractivity contribution is -0.121. The van der Waals surface area contributed by atoms with Gasteiger partial charge in [-0.3, -0.25) is 9.59 Å². The van der Waals surface area contributed by atoms with E-state index in [2.05, 4.69) is 17.2 Å². The van der Waals surface area contributed by atoms with Gasteiger partial charge in [-0.25, -0.2) is 0 Å². The van der Waals surface area contributed by atoms with Crippen molar-refractivity contribution in [3.8, 4) is 11.8 Å². The van der Waals surface area contributed by atoms with E-state index >= 15 is 0 Å². The molecule has 0 bridgehead atoms. The molecule has 0 heterocycles. The van der Waals surface area contributed by atoms with E-state index in [0.29, 0.717) is 5.56 Å². The van der Waals surface area contributed by atoms with E-state index in [-0.39, 0.29) is 24.9 Å². The number of nitrogens with one attached hydrogen (secondary N) is 1. The van der Waals surface area contributed by atoms with Crippen molar-refractivity contribution in [3.63, 3.8) is 0 Å². The Hall–Kier alpha value is -2.32. The fourth-order valence-corrected chi connectivity index (χ4v) is 1.47. The van der Waals surface area contributed by atoms with Gasteiger partial charge in [0.05, 0.1) is 13.1 Å². The van der Waals surface area contributed by atoms with Crippen molar-refractivity contribution in [2.75, 3.05) is 27.2 Å². The van der Waals surface area contributed by atoms with Crippen molar-refractivity contribution in [1.29, 1.82) is 0 Å². The quantitative estimate of drug-likeness (QED) is 0.739. The lowest BCUT2D eigenvalue weighted by Crippen LogP contribution is -2.36. The van der Waals surface area contributed by atoms with Gasteiger partial charge in [0.1, 0.15) is 0 Å². The van der Waals surface area contributed by atoms with Crippen LogP contribution in [-0.4, -0.2) is 43.9 Å². The second-order valence-corrected chi connectivity index (χ2v) is 3.92. The first-order valence-corrected chi connectivity index (χ1v) is 5.83. The highest BCUT2D eigenvalue weighted by atomic mass is 16.2. The zero-order valence-corrected chi connectivity index (χ0v) is 11.1. The third-order valence-electron chi connectivity index (χ3n) is 2.45. The van der Waals surface area contributed by atoms with Gasteiger partial charge < -0.3 is 16.0 Å². The molecule has 0 aliphatic heterocycles. The third-order valence-corrected chi connectivity index (χ3v) is 2.45. The maximum atomic E-state index is 12.1. The van der Waals surface area contributed by atoms with Crippen LogP contribution in [0.25, 0.3) is 0 Å². The molecule has 0 fully saturated rings. The van der Waals surface area contributed by atoms with Crippen molar-refractivity contribution < 1.29 is 9.59 Å². The fourth-order valence-electron chi connectivity index (χ4n) is 1.47. The molecule has 0 aromatic heterocycles. The standard InChI is InChI=1S/C14H17N3O2/c1-16-13(18)10-17(2)14(19)12-7-3-5-11(9-12)6-4-8-15/h3,5,7,9H,8,10,15H2,1-2H3,(H,16,18). The molecule has 3 N–H and O–H groups in total. The van der Waals surface area contributed by atoms with Gasteiger partial charge in [0, 0.05) is 25.2 Å². The molecular weight excluding hydrogens is 242 g/mol. The summed E-state index contributed by atoms with van der Waals surface area (Å²) >= 11 is 0. The summed E-state index contributed by atoms with van der Waals surface area (Å²) in [5, 5.41) is 2.47. The van der Waals surface area contributed by atoms with E-state index in [0.717, 1.165) is 5.56 Å². The largest absolute Gasteiger partial charge is 0.358 e. The van der Waals surface area contributed by atoms with Crippen LogP contribution < -0.4 is 11.1 Å². The normalized spacial score (nSPS) is 9.21. The van der Waals surface area contributed by atoms with Crippen LogP contribution in [0.4, 0.5) is 0 Å². The summed E-state index contributed by atoms with van der Waals surface area (Å²) in [5.74, 6) is 5.16. The van der Waals surface area contributed by atoms with Gasteiger partial charge in [0.2, 0.25) is 5.91 Å². The molecule has 0 unspecified atom stereocenters. The fraction of sp³-hybridized carbons (Fsp3) is 0.286. The van der Waals surface area contributed by atoms with Crippen LogP contribution in [0.1, 0.15) is 15.9 Å². The van der Waals surface area contributed by atoms with Gasteiger partial charge in [0.15, 0.2) is 0 Å². The Balaban J connectivity index is 2.84. The van der Waals surface area contributed by atoms with Crippen molar-refractivity contribution in [3.05, 3.63) is 35.4 Å². The van der Waals surface area contributed by atoms with E-state index in [4.69, 9.17) is 5.73 Å². The SMILES string of the molecule is CNC(=O)CN(C)C(=O)c1cccc(C#CCN)c1. The molecule has 2 amide bonds. The molecule has 0 aliphatic rings. The van der Waals surface area contributed by atoms with Gasteiger partial charge in [-0.15, -0.1) is 0 Å². The van der Waals surface area contributed by atoms with E-state index < -0.39 is 0 Å². The molecule has 100 valence electrons. The van der Waals surface area contributed by atoms with Gasteiger partial charge in [-0.2, -0.15) is 0 Å². The maximum absolute atomic E-state index is 12.1. The Kier molecular flexibility index (Phi) is 5.58. The zero-order chi connectivity index (χ0) is 14.3. The third kappa shape index (κ3) is 4.45. The Labute approximate surface area is 112 Å². The Morgan fingerprint density at radius 2 is 2.16 bits per heavy atom. The van der Waals surface area contributed by atoms with Crippen LogP contribution in [0.3, 0.4) is 0 Å². The minimum atomic E-state index is -0.222. The van der Waals surface area contributed by atoms with Crippen molar-refractivity contribution in [1.82, 2.24) is 10.2 Å². The average molecular weight is 259 g/mol. The van der Waals surface area contributed by atoms with Crippen molar-refractivity contribution in [2.45, 2.75) is 0 Å². The van der Waals surface area contributed by atoms with Crippen molar-refractivity contribution >= 4 is 11.8 Å². The minimum Gasteiger partial charge on any atom is -0.358 e. The first-order valence-electron chi connectivity index (χ1n) is 5.83. The number of amides is 2. The van der Waals surface area contributed by atoms with Crippen LogP contribution in [-0.2, 0) is 4.79 Å². The number of nitrogens with zero attached hydrogens (tertiary/aromatic N) is 1. The monoisotopic (exact) mass is 259 g/mol. The lowest BCUT2D eigenvalue weighted by atomic mass is 10.1. The van der Waals surface area contributed by atoms with Crippen LogP contribution >= 0.6 is 0 Å². The second kappa shape index (κ2) is 7.19. The molecule has 0 atom stereocenters. The summed E-state index contributed by atoms with van der Waals surface area (Å²) < 4.78 is 0. The average Bonchev–Trinajstić information content (AvgIpc) is 2.44. The highest BCUT2D eigenvalue weighted by Gasteiger charge is 2.14. The lowest BCUT2D eigenvalue weighted by Gasteiger charge is -2.16. The predicted molar refractivity (Wildman–Crippen MR) is 73.4 cm³/mol. The predicted octanol–water partition coefficient (Wildman–Crippen LogP) is -0.185. The summed E-state index contributed by atoms with van der Waals surface area (Å²) in [6, 6.07) is 6.93. The molecule has 0 saturated heterocycles. The molecule has 1 rings (SSSR count). The summed E-state index contributed by atoms with van der Waals surface area (Å²) in [6.07, 6.45) is 0. The van der Waals surface area contributed by atoms with Gasteiger partial charge in [-0.05, 0) is 18.2 Å². The number of likely N-dealkylation sites (N-methyl/N-ethyl adjacent to an activating group) is 2. The molecule has 5 nitrogen and oxygen atoms in total. The second-order valence-electron chi connectivity index (χ2n) is 3.92. The van der Waals surface area contributed by atoms with Gasteiger partial charge in [-0.1, -0.05) is 17.9 Å². The van der Waals surface area contributed by atoms with E-state index in [1.54, 1.807) is 31.3 Å². The van der Waals surface area contributed by atoms with Crippen LogP contribution in [0, 0.1) is 11.8 Å². The van der Waals surface area contributed by atoms with Crippen LogP contribution in [0.15, 0.2) is 24.3 Å². The summed E-state index contributed by atoms with van der Waals surface area (Å²) in [6.45, 7) is 0.294. The number of carbonyl (C=O) groups is 2. The van der Waals surface area contributed by atoms with Gasteiger partial charge >= 0.3 is 0 Å². The number of hydrogen-bond acceptors (Lipinski definition) is 3. The maximum Gasteiger partial charge on any atom is 0.254 e. The molecule has 1 aromatic carbocycles. The first kappa shape index (κ1) is 14.7. The highest BCUT2D eigenvalue weighted by molar-refractivity contribution is 5.96. The molecular formula is C14H17N3O2. The summed E-state index contributed by atoms with van der Waals surface area (Å²) in [7, 11) is 3.11. The summed E-state index contributed by atoms with van der Waals surface area (Å²) in [4.78, 5) is 24.7. The van der Waals surface area contributed by atoms with E-state index in [1.165, 1.54) is 11.9 Å². The minimum absolute atomic E-state index is 0.0219. The Morgan fingerprint density at radius 3 is 2.79 bits per heavy atom. The van der Waals surface area contributed by atoms with E-state index in [9.17, 15) is 9.59 Å². The first-order chi connectivity index (χ1) is 9.08. The van der Waals surface area contributed by atoms with Crippen LogP contribution in [0.2, 0.25) is 0 Å². The van der Waals surface area contributed by atoms with E-state index in [1.807, 2.05) is 0 Å². The molecule has 0 radical (unpaired) electrons. The molecule has 5 heteroatoms. The van der Waals surface area contributed by atoms with Gasteiger partial charge in [0.25, 0.3) is 5.91 Å². The molecule has 19 heavy (non-hydrogen) atoms. The van der Waals surface area contributed by atoms with Crippen molar-refractivity contribution in [2.24, 2.45) is 5.73 Å². The molecule has 0 aliphatic carbocycles. The van der Waals surface area contributed by atoms with Crippen LogP contribution in [0.5, 0.6) is 0 Å². The topological polar surface area (TPSA) is 75.4 Å².